The molecule has 0 atom stereocenters. The molecule has 0 unspecified atom stereocenters. The number of ketones is 2. The van der Waals surface area contributed by atoms with Gasteiger partial charge in [0.05, 0.1) is 23.0 Å². The van der Waals surface area contributed by atoms with Crippen LogP contribution >= 0.6 is 0 Å². The molecule has 0 aromatic carbocycles. The van der Waals surface area contributed by atoms with Crippen molar-refractivity contribution in [3.63, 3.8) is 0 Å². The molecule has 180 valence electrons. The van der Waals surface area contributed by atoms with E-state index in [9.17, 15) is 9.59 Å². The predicted octanol–water partition coefficient (Wildman–Crippen LogP) is 5.90. The van der Waals surface area contributed by atoms with Gasteiger partial charge in [-0.2, -0.15) is 0 Å². The van der Waals surface area contributed by atoms with Crippen LogP contribution in [0.1, 0.15) is 103 Å². The number of hydrogen-bond donors (Lipinski definition) is 0. The van der Waals surface area contributed by atoms with Gasteiger partial charge in [-0.1, -0.05) is 0 Å². The van der Waals surface area contributed by atoms with Crippen molar-refractivity contribution in [2.24, 2.45) is 34.5 Å². The molecule has 4 heteroatoms. The van der Waals surface area contributed by atoms with Gasteiger partial charge in [-0.05, 0) is 126 Å². The predicted molar refractivity (Wildman–Crippen MR) is 124 cm³/mol. The van der Waals surface area contributed by atoms with Gasteiger partial charge in [-0.3, -0.25) is 9.59 Å². The van der Waals surface area contributed by atoms with E-state index in [4.69, 9.17) is 9.47 Å². The van der Waals surface area contributed by atoms with Crippen molar-refractivity contribution in [1.82, 2.24) is 0 Å². The fourth-order valence-electron chi connectivity index (χ4n) is 8.77. The third-order valence-electron chi connectivity index (χ3n) is 10.9. The van der Waals surface area contributed by atoms with Crippen molar-refractivity contribution >= 4 is 11.6 Å². The summed E-state index contributed by atoms with van der Waals surface area (Å²) in [6, 6.07) is 0. The average Bonchev–Trinajstić information content (AvgIpc) is 2.88. The van der Waals surface area contributed by atoms with Gasteiger partial charge in [0.1, 0.15) is 0 Å². The Morgan fingerprint density at radius 1 is 0.500 bits per heavy atom. The Bertz CT molecular complexity index is 606. The van der Waals surface area contributed by atoms with Crippen LogP contribution in [-0.4, -0.2) is 38.0 Å². The minimum absolute atomic E-state index is 0.359. The zero-order chi connectivity index (χ0) is 22.3. The zero-order valence-corrected chi connectivity index (χ0v) is 20.4. The molecule has 0 heterocycles. The maximum Gasteiger partial charge on any atom is 0.159 e. The van der Waals surface area contributed by atoms with Crippen LogP contribution in [0.15, 0.2) is 0 Å². The first-order valence-corrected chi connectivity index (χ1v) is 13.7. The number of hydrogen-bond acceptors (Lipinski definition) is 4. The van der Waals surface area contributed by atoms with Gasteiger partial charge in [0.25, 0.3) is 0 Å². The SMILES string of the molecule is COC1CCC(C2CCC3(CC2)C(=O)C2(CCC(C4CCC(OC)CC4)CC2)C3=O)CC1. The minimum Gasteiger partial charge on any atom is -0.381 e. The highest BCUT2D eigenvalue weighted by Crippen LogP contribution is 2.62. The number of rotatable bonds is 4. The second kappa shape index (κ2) is 9.13. The summed E-state index contributed by atoms with van der Waals surface area (Å²) in [6.45, 7) is 0. The zero-order valence-electron chi connectivity index (χ0n) is 20.4. The summed E-state index contributed by atoms with van der Waals surface area (Å²) < 4.78 is 11.1. The van der Waals surface area contributed by atoms with Crippen molar-refractivity contribution in [3.05, 3.63) is 0 Å². The molecule has 0 aliphatic heterocycles. The van der Waals surface area contributed by atoms with Crippen molar-refractivity contribution in [1.29, 1.82) is 0 Å². The summed E-state index contributed by atoms with van der Waals surface area (Å²) in [4.78, 5) is 27.2. The molecule has 0 amide bonds. The fourth-order valence-corrected chi connectivity index (χ4v) is 8.77. The van der Waals surface area contributed by atoms with Crippen LogP contribution < -0.4 is 0 Å². The molecule has 5 rings (SSSR count). The molecule has 0 saturated heterocycles. The Kier molecular flexibility index (Phi) is 6.57. The number of carbonyl (C=O) groups excluding carboxylic acids is 2. The third kappa shape index (κ3) is 3.72. The fraction of sp³-hybridized carbons (Fsp3) is 0.929. The molecule has 5 aliphatic carbocycles. The number of methoxy groups -OCH3 is 2. The van der Waals surface area contributed by atoms with Crippen LogP contribution in [0.4, 0.5) is 0 Å². The maximum atomic E-state index is 13.6. The first-order chi connectivity index (χ1) is 15.5. The molecule has 0 aromatic rings. The lowest BCUT2D eigenvalue weighted by molar-refractivity contribution is -0.179. The molecule has 2 spiro atoms. The van der Waals surface area contributed by atoms with E-state index in [1.54, 1.807) is 0 Å². The summed E-state index contributed by atoms with van der Waals surface area (Å²) in [7, 11) is 3.66. The van der Waals surface area contributed by atoms with Crippen molar-refractivity contribution < 1.29 is 19.1 Å². The van der Waals surface area contributed by atoms with E-state index in [1.807, 2.05) is 14.2 Å². The van der Waals surface area contributed by atoms with Gasteiger partial charge in [-0.15, -0.1) is 0 Å². The molecular formula is C28H44O4. The lowest BCUT2D eigenvalue weighted by atomic mass is 9.41. The van der Waals surface area contributed by atoms with Crippen molar-refractivity contribution in [3.8, 4) is 0 Å². The molecule has 0 N–H and O–H groups in total. The van der Waals surface area contributed by atoms with Crippen LogP contribution in [0.2, 0.25) is 0 Å². The normalized spacial score (nSPS) is 47.6. The Hall–Kier alpha value is -0.740. The number of carbonyl (C=O) groups is 2. The quantitative estimate of drug-likeness (QED) is 0.507. The van der Waals surface area contributed by atoms with E-state index in [-0.39, 0.29) is 0 Å². The van der Waals surface area contributed by atoms with Gasteiger partial charge >= 0.3 is 0 Å². The second-order valence-electron chi connectivity index (χ2n) is 12.0. The summed E-state index contributed by atoms with van der Waals surface area (Å²) in [5.41, 5.74) is -1.16. The molecule has 0 bridgehead atoms. The van der Waals surface area contributed by atoms with Gasteiger partial charge < -0.3 is 9.47 Å². The second-order valence-corrected chi connectivity index (χ2v) is 12.0. The Morgan fingerprint density at radius 2 is 0.781 bits per heavy atom. The Morgan fingerprint density at radius 3 is 1.06 bits per heavy atom. The smallest absolute Gasteiger partial charge is 0.159 e. The number of Topliss-reactive ketones (excluding diaryl/α,β-unsaturated/α-hetero) is 2. The lowest BCUT2D eigenvalue weighted by Gasteiger charge is -2.58. The molecule has 0 aromatic heterocycles. The molecule has 32 heavy (non-hydrogen) atoms. The van der Waals surface area contributed by atoms with E-state index >= 15 is 0 Å². The Labute approximate surface area is 194 Å². The first-order valence-electron chi connectivity index (χ1n) is 13.7. The Balaban J connectivity index is 1.13. The van der Waals surface area contributed by atoms with E-state index < -0.39 is 10.8 Å². The monoisotopic (exact) mass is 444 g/mol. The van der Waals surface area contributed by atoms with Crippen LogP contribution in [0.25, 0.3) is 0 Å². The molecule has 5 aliphatic rings. The van der Waals surface area contributed by atoms with Gasteiger partial charge in [0.15, 0.2) is 11.6 Å². The summed E-state index contributed by atoms with van der Waals surface area (Å²) >= 11 is 0. The van der Waals surface area contributed by atoms with E-state index in [0.29, 0.717) is 35.6 Å². The van der Waals surface area contributed by atoms with Gasteiger partial charge in [-0.25, -0.2) is 0 Å². The molecule has 0 radical (unpaired) electrons. The van der Waals surface area contributed by atoms with Crippen LogP contribution in [0.3, 0.4) is 0 Å². The topological polar surface area (TPSA) is 52.6 Å². The molecular weight excluding hydrogens is 400 g/mol. The van der Waals surface area contributed by atoms with E-state index in [0.717, 1.165) is 63.2 Å². The van der Waals surface area contributed by atoms with E-state index in [1.165, 1.54) is 51.4 Å². The van der Waals surface area contributed by atoms with Crippen molar-refractivity contribution in [2.45, 2.75) is 115 Å². The van der Waals surface area contributed by atoms with E-state index in [2.05, 4.69) is 0 Å². The summed E-state index contributed by atoms with van der Waals surface area (Å²) in [5.74, 6) is 3.71. The molecule has 5 fully saturated rings. The van der Waals surface area contributed by atoms with Crippen LogP contribution in [0.5, 0.6) is 0 Å². The summed E-state index contributed by atoms with van der Waals surface area (Å²) in [5, 5.41) is 0. The maximum absolute atomic E-state index is 13.6. The number of ether oxygens (including phenoxy) is 2. The van der Waals surface area contributed by atoms with Gasteiger partial charge in [0.2, 0.25) is 0 Å². The molecule has 4 nitrogen and oxygen atoms in total. The van der Waals surface area contributed by atoms with Gasteiger partial charge in [0, 0.05) is 14.2 Å². The highest BCUT2D eigenvalue weighted by atomic mass is 16.5. The average molecular weight is 445 g/mol. The van der Waals surface area contributed by atoms with Crippen molar-refractivity contribution in [2.75, 3.05) is 14.2 Å². The highest BCUT2D eigenvalue weighted by Gasteiger charge is 2.71. The molecule has 5 saturated carbocycles. The minimum atomic E-state index is -0.580. The third-order valence-corrected chi connectivity index (χ3v) is 10.9. The van der Waals surface area contributed by atoms with Crippen LogP contribution in [-0.2, 0) is 19.1 Å². The van der Waals surface area contributed by atoms with Crippen LogP contribution in [0, 0.1) is 34.5 Å². The largest absolute Gasteiger partial charge is 0.381 e. The standard InChI is InChI=1S/C28H44O4/c1-31-23-7-3-19(4-8-23)21-11-15-27(16-12-21)25(29)28(26(27)30)17-13-22(14-18-28)20-5-9-24(32-2)10-6-20/h19-24H,3-18H2,1-2H3. The summed E-state index contributed by atoms with van der Waals surface area (Å²) in [6.07, 6.45) is 18.3. The highest BCUT2D eigenvalue weighted by molar-refractivity contribution is 6.30. The lowest BCUT2D eigenvalue weighted by Crippen LogP contribution is -2.68. The first kappa shape index (κ1) is 23.0.